The molecule has 98 valence electrons. The molecule has 0 spiro atoms. The van der Waals surface area contributed by atoms with Gasteiger partial charge in [0.05, 0.1) is 0 Å². The Morgan fingerprint density at radius 2 is 1.94 bits per heavy atom. The third kappa shape index (κ3) is 3.35. The molecule has 0 heterocycles. The zero-order chi connectivity index (χ0) is 13.0. The van der Waals surface area contributed by atoms with Crippen LogP contribution in [0.2, 0.25) is 0 Å². The van der Waals surface area contributed by atoms with E-state index in [2.05, 4.69) is 52.4 Å². The Bertz CT molecular complexity index is 401. The predicted octanol–water partition coefficient (Wildman–Crippen LogP) is 3.63. The van der Waals surface area contributed by atoms with Crippen LogP contribution >= 0.6 is 15.9 Å². The van der Waals surface area contributed by atoms with E-state index in [-0.39, 0.29) is 11.8 Å². The van der Waals surface area contributed by atoms with Gasteiger partial charge in [-0.25, -0.2) is 0 Å². The smallest absolute Gasteiger partial charge is 0.223 e. The maximum Gasteiger partial charge on any atom is 0.223 e. The summed E-state index contributed by atoms with van der Waals surface area (Å²) in [6, 6.07) is 8.34. The number of rotatable bonds is 4. The van der Waals surface area contributed by atoms with Crippen molar-refractivity contribution < 1.29 is 4.79 Å². The zero-order valence-electron chi connectivity index (χ0n) is 10.8. The van der Waals surface area contributed by atoms with Crippen molar-refractivity contribution in [2.75, 3.05) is 0 Å². The molecule has 2 rings (SSSR count). The van der Waals surface area contributed by atoms with Crippen molar-refractivity contribution in [3.63, 3.8) is 0 Å². The van der Waals surface area contributed by atoms with Gasteiger partial charge in [0, 0.05) is 17.8 Å². The predicted molar refractivity (Wildman–Crippen MR) is 77.4 cm³/mol. The van der Waals surface area contributed by atoms with Crippen molar-refractivity contribution in [1.29, 1.82) is 0 Å². The molecule has 1 amide bonds. The third-order valence-electron chi connectivity index (χ3n) is 3.84. The maximum absolute atomic E-state index is 12.0. The molecule has 0 aliphatic heterocycles. The molecule has 2 nitrogen and oxygen atoms in total. The van der Waals surface area contributed by atoms with Crippen LogP contribution in [0.3, 0.4) is 0 Å². The number of carbonyl (C=O) groups is 1. The van der Waals surface area contributed by atoms with Gasteiger partial charge >= 0.3 is 0 Å². The van der Waals surface area contributed by atoms with Gasteiger partial charge in [-0.3, -0.25) is 4.79 Å². The molecule has 0 saturated heterocycles. The topological polar surface area (TPSA) is 29.1 Å². The molecule has 18 heavy (non-hydrogen) atoms. The molecule has 1 aliphatic rings. The second kappa shape index (κ2) is 6.37. The van der Waals surface area contributed by atoms with Gasteiger partial charge in [-0.2, -0.15) is 0 Å². The molecule has 1 N–H and O–H groups in total. The molecule has 1 fully saturated rings. The molecule has 0 bridgehead atoms. The number of amides is 1. The van der Waals surface area contributed by atoms with Crippen LogP contribution < -0.4 is 5.32 Å². The standard InChI is InChI=1S/C15H20BrNO/c1-11-3-2-4-14(11)15(18)17-10-13-7-5-12(9-16)6-8-13/h5-8,11,14H,2-4,9-10H2,1H3,(H,17,18). The van der Waals surface area contributed by atoms with Gasteiger partial charge in [0.25, 0.3) is 0 Å². The molecule has 1 saturated carbocycles. The number of hydrogen-bond acceptors (Lipinski definition) is 1. The quantitative estimate of drug-likeness (QED) is 0.845. The fraction of sp³-hybridized carbons (Fsp3) is 0.533. The van der Waals surface area contributed by atoms with E-state index in [0.717, 1.165) is 11.8 Å². The third-order valence-corrected chi connectivity index (χ3v) is 4.49. The van der Waals surface area contributed by atoms with Gasteiger partial charge in [-0.1, -0.05) is 53.5 Å². The number of halogens is 1. The van der Waals surface area contributed by atoms with E-state index in [1.807, 2.05) is 0 Å². The molecule has 2 unspecified atom stereocenters. The molecule has 1 aromatic rings. The molecule has 1 aliphatic carbocycles. The molecular formula is C15H20BrNO. The summed E-state index contributed by atoms with van der Waals surface area (Å²) in [5.41, 5.74) is 2.42. The Kier molecular flexibility index (Phi) is 4.81. The zero-order valence-corrected chi connectivity index (χ0v) is 12.4. The van der Waals surface area contributed by atoms with E-state index in [0.29, 0.717) is 12.5 Å². The van der Waals surface area contributed by atoms with Crippen LogP contribution in [-0.2, 0) is 16.7 Å². The summed E-state index contributed by atoms with van der Waals surface area (Å²) in [4.78, 5) is 12.0. The molecule has 1 aromatic carbocycles. The van der Waals surface area contributed by atoms with Crippen LogP contribution in [0.4, 0.5) is 0 Å². The minimum absolute atomic E-state index is 0.226. The number of nitrogens with one attached hydrogen (secondary N) is 1. The van der Waals surface area contributed by atoms with Gasteiger partial charge in [-0.15, -0.1) is 0 Å². The van der Waals surface area contributed by atoms with Crippen molar-refractivity contribution in [2.45, 2.75) is 38.1 Å². The normalized spacial score (nSPS) is 23.0. The number of hydrogen-bond donors (Lipinski definition) is 1. The minimum Gasteiger partial charge on any atom is -0.352 e. The Balaban J connectivity index is 1.85. The van der Waals surface area contributed by atoms with E-state index in [4.69, 9.17) is 0 Å². The lowest BCUT2D eigenvalue weighted by atomic mass is 9.97. The van der Waals surface area contributed by atoms with Gasteiger partial charge in [-0.05, 0) is 29.9 Å². The summed E-state index contributed by atoms with van der Waals surface area (Å²) >= 11 is 3.43. The van der Waals surface area contributed by atoms with Gasteiger partial charge < -0.3 is 5.32 Å². The summed E-state index contributed by atoms with van der Waals surface area (Å²) < 4.78 is 0. The van der Waals surface area contributed by atoms with Crippen LogP contribution in [0.15, 0.2) is 24.3 Å². The first-order chi connectivity index (χ1) is 8.70. The van der Waals surface area contributed by atoms with Crippen molar-refractivity contribution >= 4 is 21.8 Å². The Morgan fingerprint density at radius 3 is 2.50 bits per heavy atom. The average Bonchev–Trinajstić information content (AvgIpc) is 2.83. The summed E-state index contributed by atoms with van der Waals surface area (Å²) in [6.07, 6.45) is 3.44. The lowest BCUT2D eigenvalue weighted by Gasteiger charge is -2.15. The minimum atomic E-state index is 0.226. The van der Waals surface area contributed by atoms with E-state index in [9.17, 15) is 4.79 Å². The first-order valence-corrected chi connectivity index (χ1v) is 7.74. The highest BCUT2D eigenvalue weighted by atomic mass is 79.9. The van der Waals surface area contributed by atoms with Crippen molar-refractivity contribution in [1.82, 2.24) is 5.32 Å². The van der Waals surface area contributed by atoms with Gasteiger partial charge in [0.1, 0.15) is 0 Å². The molecule has 2 atom stereocenters. The number of benzene rings is 1. The van der Waals surface area contributed by atoms with Crippen molar-refractivity contribution in [2.24, 2.45) is 11.8 Å². The maximum atomic E-state index is 12.0. The average molecular weight is 310 g/mol. The lowest BCUT2D eigenvalue weighted by Crippen LogP contribution is -2.31. The summed E-state index contributed by atoms with van der Waals surface area (Å²) in [5, 5.41) is 3.93. The van der Waals surface area contributed by atoms with Crippen LogP contribution in [0.5, 0.6) is 0 Å². The summed E-state index contributed by atoms with van der Waals surface area (Å²) in [5.74, 6) is 0.997. The Labute approximate surface area is 117 Å². The van der Waals surface area contributed by atoms with E-state index in [1.165, 1.54) is 24.0 Å². The van der Waals surface area contributed by atoms with Crippen LogP contribution in [0.25, 0.3) is 0 Å². The van der Waals surface area contributed by atoms with E-state index in [1.54, 1.807) is 0 Å². The largest absolute Gasteiger partial charge is 0.352 e. The molecular weight excluding hydrogens is 290 g/mol. The van der Waals surface area contributed by atoms with Crippen LogP contribution in [-0.4, -0.2) is 5.91 Å². The Morgan fingerprint density at radius 1 is 1.28 bits per heavy atom. The molecule has 0 aromatic heterocycles. The first-order valence-electron chi connectivity index (χ1n) is 6.62. The fourth-order valence-corrected chi connectivity index (χ4v) is 2.98. The summed E-state index contributed by atoms with van der Waals surface area (Å²) in [6.45, 7) is 2.83. The van der Waals surface area contributed by atoms with Crippen molar-refractivity contribution in [3.05, 3.63) is 35.4 Å². The lowest BCUT2D eigenvalue weighted by molar-refractivity contribution is -0.126. The monoisotopic (exact) mass is 309 g/mol. The molecule has 0 radical (unpaired) electrons. The van der Waals surface area contributed by atoms with Gasteiger partial charge in [0.15, 0.2) is 0 Å². The van der Waals surface area contributed by atoms with Crippen molar-refractivity contribution in [3.8, 4) is 0 Å². The summed E-state index contributed by atoms with van der Waals surface area (Å²) in [7, 11) is 0. The fourth-order valence-electron chi connectivity index (χ4n) is 2.60. The number of carbonyl (C=O) groups excluding carboxylic acids is 1. The second-order valence-electron chi connectivity index (χ2n) is 5.18. The van der Waals surface area contributed by atoms with Crippen LogP contribution in [0, 0.1) is 11.8 Å². The SMILES string of the molecule is CC1CCCC1C(=O)NCc1ccc(CBr)cc1. The second-order valence-corrected chi connectivity index (χ2v) is 5.74. The van der Waals surface area contributed by atoms with Gasteiger partial charge in [0.2, 0.25) is 5.91 Å². The number of alkyl halides is 1. The highest BCUT2D eigenvalue weighted by Crippen LogP contribution is 2.31. The Hall–Kier alpha value is -0.830. The van der Waals surface area contributed by atoms with E-state index < -0.39 is 0 Å². The highest BCUT2D eigenvalue weighted by molar-refractivity contribution is 9.08. The molecule has 3 heteroatoms. The highest BCUT2D eigenvalue weighted by Gasteiger charge is 2.29. The van der Waals surface area contributed by atoms with E-state index >= 15 is 0 Å². The van der Waals surface area contributed by atoms with Crippen LogP contribution in [0.1, 0.15) is 37.3 Å². The first kappa shape index (κ1) is 13.6.